The van der Waals surface area contributed by atoms with Gasteiger partial charge in [-0.05, 0) is 77.6 Å². The van der Waals surface area contributed by atoms with Crippen molar-refractivity contribution in [2.24, 2.45) is 0 Å². The van der Waals surface area contributed by atoms with Crippen molar-refractivity contribution in [1.29, 1.82) is 5.26 Å². The molecule has 0 aliphatic carbocycles. The number of anilines is 1. The molecule has 2 aromatic rings. The molecule has 0 aliphatic heterocycles. The van der Waals surface area contributed by atoms with Crippen molar-refractivity contribution < 1.29 is 19.4 Å². The fourth-order valence-corrected chi connectivity index (χ4v) is 3.06. The lowest BCUT2D eigenvalue weighted by Crippen LogP contribution is -2.13. The van der Waals surface area contributed by atoms with Gasteiger partial charge in [0.25, 0.3) is 5.91 Å². The molecule has 0 aliphatic rings. The summed E-state index contributed by atoms with van der Waals surface area (Å²) in [4.78, 5) is 12.4. The van der Waals surface area contributed by atoms with E-state index >= 15 is 0 Å². The number of nitrogens with zero attached hydrogens (tertiary/aromatic N) is 1. The van der Waals surface area contributed by atoms with Gasteiger partial charge in [-0.25, -0.2) is 0 Å². The van der Waals surface area contributed by atoms with Crippen LogP contribution in [0.15, 0.2) is 54.6 Å². The van der Waals surface area contributed by atoms with Crippen LogP contribution in [0.2, 0.25) is 0 Å². The highest BCUT2D eigenvalue weighted by atomic mass is 127. The zero-order chi connectivity index (χ0) is 20.5. The predicted octanol–water partition coefficient (Wildman–Crippen LogP) is 4.51. The van der Waals surface area contributed by atoms with Crippen LogP contribution in [0, 0.1) is 14.9 Å². The third-order valence-corrected chi connectivity index (χ3v) is 4.28. The Morgan fingerprint density at radius 1 is 1.32 bits per heavy atom. The molecule has 0 unspecified atom stereocenters. The van der Waals surface area contributed by atoms with Crippen LogP contribution in [0.5, 0.6) is 17.2 Å². The molecule has 0 aromatic heterocycles. The number of carbonyl (C=O) groups excluding carboxylic acids is 1. The van der Waals surface area contributed by atoms with E-state index in [1.165, 1.54) is 18.2 Å². The second-order valence-corrected chi connectivity index (χ2v) is 6.70. The van der Waals surface area contributed by atoms with E-state index in [1.807, 2.05) is 13.0 Å². The van der Waals surface area contributed by atoms with Gasteiger partial charge in [0.1, 0.15) is 24.0 Å². The predicted molar refractivity (Wildman–Crippen MR) is 116 cm³/mol. The number of carbonyl (C=O) groups is 1. The Bertz CT molecular complexity index is 931. The summed E-state index contributed by atoms with van der Waals surface area (Å²) < 4.78 is 12.1. The smallest absolute Gasteiger partial charge is 0.266 e. The highest BCUT2D eigenvalue weighted by Crippen LogP contribution is 2.35. The number of rotatable bonds is 8. The molecule has 0 bridgehead atoms. The van der Waals surface area contributed by atoms with E-state index in [4.69, 9.17) is 9.47 Å². The highest BCUT2D eigenvalue weighted by Gasteiger charge is 2.14. The van der Waals surface area contributed by atoms with Crippen LogP contribution < -0.4 is 14.8 Å². The summed E-state index contributed by atoms with van der Waals surface area (Å²) in [6.45, 7) is 6.28. The minimum Gasteiger partial charge on any atom is -0.508 e. The van der Waals surface area contributed by atoms with Crippen molar-refractivity contribution in [3.05, 3.63) is 63.8 Å². The summed E-state index contributed by atoms with van der Waals surface area (Å²) in [6, 6.07) is 11.4. The maximum atomic E-state index is 12.4. The van der Waals surface area contributed by atoms with Crippen molar-refractivity contribution in [3.63, 3.8) is 0 Å². The first-order valence-corrected chi connectivity index (χ1v) is 9.48. The Morgan fingerprint density at radius 2 is 2.04 bits per heavy atom. The molecule has 2 aromatic carbocycles. The van der Waals surface area contributed by atoms with Gasteiger partial charge in [0.05, 0.1) is 10.2 Å². The Balaban J connectivity index is 2.31. The summed E-state index contributed by atoms with van der Waals surface area (Å²) in [5.74, 6) is 0.657. The van der Waals surface area contributed by atoms with E-state index < -0.39 is 5.91 Å². The molecule has 2 rings (SSSR count). The first-order valence-electron chi connectivity index (χ1n) is 8.40. The molecule has 0 heterocycles. The first-order chi connectivity index (χ1) is 13.5. The number of halogens is 1. The summed E-state index contributed by atoms with van der Waals surface area (Å²) in [5.41, 5.74) is 1.05. The molecule has 144 valence electrons. The van der Waals surface area contributed by atoms with E-state index in [2.05, 4.69) is 34.5 Å². The van der Waals surface area contributed by atoms with Gasteiger partial charge in [-0.3, -0.25) is 4.79 Å². The molecule has 0 radical (unpaired) electrons. The monoisotopic (exact) mass is 490 g/mol. The standard InChI is InChI=1S/C21H19IN2O4/c1-3-9-28-20-18(22)11-14(12-19(20)27-4-2)10-15(13-23)21(26)24-16-5-7-17(25)8-6-16/h3,5-8,10-12,25H,1,4,9H2,2H3,(H,24,26)/b15-10-. The second kappa shape index (κ2) is 10.4. The van der Waals surface area contributed by atoms with Crippen molar-refractivity contribution in [2.45, 2.75) is 6.92 Å². The highest BCUT2D eigenvalue weighted by molar-refractivity contribution is 14.1. The number of nitriles is 1. The van der Waals surface area contributed by atoms with Gasteiger partial charge in [0.15, 0.2) is 11.5 Å². The van der Waals surface area contributed by atoms with Crippen LogP contribution in [0.4, 0.5) is 5.69 Å². The third-order valence-electron chi connectivity index (χ3n) is 3.48. The Hall–Kier alpha value is -2.99. The topological polar surface area (TPSA) is 91.6 Å². The molecule has 0 atom stereocenters. The zero-order valence-electron chi connectivity index (χ0n) is 15.2. The molecule has 6 nitrogen and oxygen atoms in total. The Labute approximate surface area is 177 Å². The quantitative estimate of drug-likeness (QED) is 0.187. The van der Waals surface area contributed by atoms with Crippen molar-refractivity contribution >= 4 is 40.3 Å². The lowest BCUT2D eigenvalue weighted by Gasteiger charge is -2.14. The van der Waals surface area contributed by atoms with Crippen molar-refractivity contribution in [2.75, 3.05) is 18.5 Å². The van der Waals surface area contributed by atoms with Crippen LogP contribution in [0.25, 0.3) is 6.08 Å². The minimum absolute atomic E-state index is 0.0638. The fraction of sp³-hybridized carbons (Fsp3) is 0.143. The van der Waals surface area contributed by atoms with Crippen LogP contribution in [-0.4, -0.2) is 24.2 Å². The number of hydrogen-bond donors (Lipinski definition) is 2. The van der Waals surface area contributed by atoms with E-state index in [1.54, 1.807) is 30.3 Å². The molecular weight excluding hydrogens is 471 g/mol. The number of amides is 1. The summed E-state index contributed by atoms with van der Waals surface area (Å²) in [5, 5.41) is 21.3. The Morgan fingerprint density at radius 3 is 2.64 bits per heavy atom. The molecule has 0 spiro atoms. The molecule has 28 heavy (non-hydrogen) atoms. The van der Waals surface area contributed by atoms with Gasteiger partial charge < -0.3 is 19.9 Å². The average Bonchev–Trinajstić information content (AvgIpc) is 2.67. The SMILES string of the molecule is C=CCOc1c(I)cc(/C=C(/C#N)C(=O)Nc2ccc(O)cc2)cc1OCC. The van der Waals surface area contributed by atoms with Crippen LogP contribution in [0.1, 0.15) is 12.5 Å². The first kappa shape index (κ1) is 21.3. The summed E-state index contributed by atoms with van der Waals surface area (Å²) in [6.07, 6.45) is 3.12. The molecule has 0 fully saturated rings. The second-order valence-electron chi connectivity index (χ2n) is 5.53. The van der Waals surface area contributed by atoms with E-state index in [9.17, 15) is 15.2 Å². The lowest BCUT2D eigenvalue weighted by molar-refractivity contribution is -0.112. The van der Waals surface area contributed by atoms with Gasteiger partial charge in [0, 0.05) is 5.69 Å². The van der Waals surface area contributed by atoms with Gasteiger partial charge in [0.2, 0.25) is 0 Å². The van der Waals surface area contributed by atoms with Gasteiger partial charge >= 0.3 is 0 Å². The minimum atomic E-state index is -0.548. The molecular formula is C21H19IN2O4. The molecule has 0 saturated heterocycles. The van der Waals surface area contributed by atoms with Gasteiger partial charge in [-0.1, -0.05) is 12.7 Å². The maximum absolute atomic E-state index is 12.4. The molecule has 0 saturated carbocycles. The van der Waals surface area contributed by atoms with Gasteiger partial charge in [-0.2, -0.15) is 5.26 Å². The normalized spacial score (nSPS) is 10.7. The fourth-order valence-electron chi connectivity index (χ4n) is 2.27. The number of phenols is 1. The van der Waals surface area contributed by atoms with E-state index in [0.29, 0.717) is 36.0 Å². The zero-order valence-corrected chi connectivity index (χ0v) is 17.4. The number of ether oxygens (including phenoxy) is 2. The number of phenolic OH excluding ortho intramolecular Hbond substituents is 1. The maximum Gasteiger partial charge on any atom is 0.266 e. The molecule has 2 N–H and O–H groups in total. The Kier molecular flexibility index (Phi) is 7.89. The largest absolute Gasteiger partial charge is 0.508 e. The summed E-state index contributed by atoms with van der Waals surface area (Å²) >= 11 is 2.11. The number of nitrogens with one attached hydrogen (secondary N) is 1. The van der Waals surface area contributed by atoms with Crippen LogP contribution in [0.3, 0.4) is 0 Å². The number of benzene rings is 2. The van der Waals surface area contributed by atoms with Crippen LogP contribution >= 0.6 is 22.6 Å². The van der Waals surface area contributed by atoms with Crippen molar-refractivity contribution in [1.82, 2.24) is 0 Å². The number of aromatic hydroxyl groups is 1. The van der Waals surface area contributed by atoms with E-state index in [-0.39, 0.29) is 11.3 Å². The lowest BCUT2D eigenvalue weighted by atomic mass is 10.1. The summed E-state index contributed by atoms with van der Waals surface area (Å²) in [7, 11) is 0. The molecule has 1 amide bonds. The average molecular weight is 490 g/mol. The van der Waals surface area contributed by atoms with Crippen LogP contribution in [-0.2, 0) is 4.79 Å². The third kappa shape index (κ3) is 5.76. The number of hydrogen-bond acceptors (Lipinski definition) is 5. The van der Waals surface area contributed by atoms with Gasteiger partial charge in [-0.15, -0.1) is 0 Å². The molecule has 7 heteroatoms. The van der Waals surface area contributed by atoms with E-state index in [0.717, 1.165) is 3.57 Å². The van der Waals surface area contributed by atoms with Crippen molar-refractivity contribution in [3.8, 4) is 23.3 Å².